The summed E-state index contributed by atoms with van der Waals surface area (Å²) < 4.78 is 28.0. The van der Waals surface area contributed by atoms with Crippen LogP contribution in [0.1, 0.15) is 35.2 Å². The third-order valence-corrected chi connectivity index (χ3v) is 9.89. The van der Waals surface area contributed by atoms with Crippen molar-refractivity contribution in [2.75, 3.05) is 13.1 Å². The van der Waals surface area contributed by atoms with E-state index < -0.39 is 10.0 Å². The molecule has 1 fully saturated rings. The first-order chi connectivity index (χ1) is 15.3. The Kier molecular flexibility index (Phi) is 6.80. The zero-order valence-corrected chi connectivity index (χ0v) is 20.9. The van der Waals surface area contributed by atoms with Gasteiger partial charge in [0.05, 0.1) is 22.0 Å². The van der Waals surface area contributed by atoms with Gasteiger partial charge in [0.1, 0.15) is 5.01 Å². The van der Waals surface area contributed by atoms with Crippen LogP contribution < -0.4 is 5.32 Å². The van der Waals surface area contributed by atoms with E-state index in [1.165, 1.54) is 4.31 Å². The van der Waals surface area contributed by atoms with Gasteiger partial charge in [0, 0.05) is 24.4 Å². The van der Waals surface area contributed by atoms with Gasteiger partial charge in [0.2, 0.25) is 15.9 Å². The zero-order valence-electron chi connectivity index (χ0n) is 18.4. The van der Waals surface area contributed by atoms with Gasteiger partial charge in [-0.1, -0.05) is 23.8 Å². The number of amides is 1. The van der Waals surface area contributed by atoms with Gasteiger partial charge in [0.15, 0.2) is 0 Å². The minimum Gasteiger partial charge on any atom is -0.350 e. The third-order valence-electron chi connectivity index (χ3n) is 5.75. The molecule has 2 aromatic heterocycles. The molecular formula is C23H27N3O3S3. The number of hydrogen-bond donors (Lipinski definition) is 1. The van der Waals surface area contributed by atoms with Crippen molar-refractivity contribution in [1.29, 1.82) is 0 Å². The lowest BCUT2D eigenvalue weighted by Crippen LogP contribution is -2.43. The Hall–Kier alpha value is -2.07. The average Bonchev–Trinajstić information content (AvgIpc) is 3.43. The second-order valence-electron chi connectivity index (χ2n) is 8.25. The van der Waals surface area contributed by atoms with Gasteiger partial charge in [0.25, 0.3) is 0 Å². The van der Waals surface area contributed by atoms with Crippen molar-refractivity contribution in [1.82, 2.24) is 14.6 Å². The first kappa shape index (κ1) is 23.1. The summed E-state index contributed by atoms with van der Waals surface area (Å²) in [7, 11) is -3.57. The Morgan fingerprint density at radius 1 is 1.16 bits per heavy atom. The summed E-state index contributed by atoms with van der Waals surface area (Å²) in [5.74, 6) is -0.215. The van der Waals surface area contributed by atoms with Crippen LogP contribution in [0.4, 0.5) is 0 Å². The summed E-state index contributed by atoms with van der Waals surface area (Å²) in [6.07, 6.45) is 1.04. The lowest BCUT2D eigenvalue weighted by Gasteiger charge is -2.31. The van der Waals surface area contributed by atoms with Gasteiger partial charge in [-0.2, -0.15) is 4.31 Å². The van der Waals surface area contributed by atoms with Gasteiger partial charge >= 0.3 is 0 Å². The zero-order chi connectivity index (χ0) is 22.9. The highest BCUT2D eigenvalue weighted by atomic mass is 32.2. The van der Waals surface area contributed by atoms with Crippen molar-refractivity contribution < 1.29 is 13.2 Å². The van der Waals surface area contributed by atoms with E-state index in [1.807, 2.05) is 55.8 Å². The van der Waals surface area contributed by atoms with E-state index in [1.54, 1.807) is 22.7 Å². The highest BCUT2D eigenvalue weighted by molar-refractivity contribution is 7.89. The number of aryl methyl sites for hydroxylation is 3. The summed E-state index contributed by atoms with van der Waals surface area (Å²) in [6, 6.07) is 7.84. The molecule has 0 aliphatic carbocycles. The summed E-state index contributed by atoms with van der Waals surface area (Å²) in [5.41, 5.74) is 3.44. The molecule has 1 aromatic carbocycles. The lowest BCUT2D eigenvalue weighted by atomic mass is 9.97. The molecule has 3 aromatic rings. The van der Waals surface area contributed by atoms with Crippen LogP contribution in [0.2, 0.25) is 0 Å². The molecule has 1 saturated heterocycles. The molecule has 0 bridgehead atoms. The van der Waals surface area contributed by atoms with Crippen molar-refractivity contribution in [3.8, 4) is 9.88 Å². The summed E-state index contributed by atoms with van der Waals surface area (Å²) in [5, 5.41) is 7.93. The van der Waals surface area contributed by atoms with Crippen molar-refractivity contribution in [2.45, 2.75) is 45.1 Å². The largest absolute Gasteiger partial charge is 0.350 e. The monoisotopic (exact) mass is 489 g/mol. The molecule has 1 amide bonds. The van der Waals surface area contributed by atoms with E-state index in [4.69, 9.17) is 0 Å². The molecule has 4 rings (SSSR count). The minimum atomic E-state index is -3.57. The van der Waals surface area contributed by atoms with Crippen molar-refractivity contribution >= 4 is 38.6 Å². The molecule has 32 heavy (non-hydrogen) atoms. The molecule has 0 unspecified atom stereocenters. The van der Waals surface area contributed by atoms with Crippen molar-refractivity contribution in [3.63, 3.8) is 0 Å². The molecule has 3 heterocycles. The molecule has 1 aliphatic rings. The van der Waals surface area contributed by atoms with Crippen LogP contribution in [0, 0.1) is 26.7 Å². The number of carbonyl (C=O) groups is 1. The number of thiazole rings is 1. The minimum absolute atomic E-state index is 0.0320. The SMILES string of the molecule is Cc1cc(C)c(S(=O)(=O)N2CCC(C(=O)NCc3csc(-c4cccs4)n3)CC2)c(C)c1. The van der Waals surface area contributed by atoms with E-state index in [-0.39, 0.29) is 11.8 Å². The predicted octanol–water partition coefficient (Wildman–Crippen LogP) is 4.51. The summed E-state index contributed by atoms with van der Waals surface area (Å²) in [4.78, 5) is 18.8. The van der Waals surface area contributed by atoms with Crippen LogP contribution in [0.5, 0.6) is 0 Å². The number of thiophene rings is 1. The lowest BCUT2D eigenvalue weighted by molar-refractivity contribution is -0.126. The van der Waals surface area contributed by atoms with E-state index in [9.17, 15) is 13.2 Å². The third kappa shape index (κ3) is 4.80. The van der Waals surface area contributed by atoms with Crippen LogP contribution in [0.15, 0.2) is 39.9 Å². The van der Waals surface area contributed by atoms with Crippen LogP contribution in [0.3, 0.4) is 0 Å². The predicted molar refractivity (Wildman–Crippen MR) is 129 cm³/mol. The number of benzene rings is 1. The van der Waals surface area contributed by atoms with Crippen LogP contribution in [-0.2, 0) is 21.4 Å². The maximum atomic E-state index is 13.2. The maximum Gasteiger partial charge on any atom is 0.243 e. The Labute approximate surface area is 197 Å². The van der Waals surface area contributed by atoms with E-state index in [2.05, 4.69) is 10.3 Å². The Balaban J connectivity index is 1.34. The first-order valence-corrected chi connectivity index (χ1v) is 13.8. The number of sulfonamides is 1. The number of nitrogens with one attached hydrogen (secondary N) is 1. The second kappa shape index (κ2) is 9.43. The molecule has 0 spiro atoms. The Morgan fingerprint density at radius 2 is 1.84 bits per heavy atom. The second-order valence-corrected chi connectivity index (χ2v) is 11.9. The highest BCUT2D eigenvalue weighted by Crippen LogP contribution is 2.30. The van der Waals surface area contributed by atoms with Crippen molar-refractivity contribution in [2.24, 2.45) is 5.92 Å². The van der Waals surface area contributed by atoms with Gasteiger partial charge in [-0.3, -0.25) is 4.79 Å². The fraction of sp³-hybridized carbons (Fsp3) is 0.391. The molecule has 170 valence electrons. The van der Waals surface area contributed by atoms with E-state index in [0.717, 1.165) is 32.3 Å². The maximum absolute atomic E-state index is 13.2. The quantitative estimate of drug-likeness (QED) is 0.552. The molecule has 1 N–H and O–H groups in total. The molecule has 0 saturated carbocycles. The van der Waals surface area contributed by atoms with Gasteiger partial charge in [-0.15, -0.1) is 22.7 Å². The molecule has 0 radical (unpaired) electrons. The Morgan fingerprint density at radius 3 is 2.47 bits per heavy atom. The molecular weight excluding hydrogens is 462 g/mol. The van der Waals surface area contributed by atoms with E-state index >= 15 is 0 Å². The van der Waals surface area contributed by atoms with Gasteiger partial charge < -0.3 is 5.32 Å². The summed E-state index contributed by atoms with van der Waals surface area (Å²) in [6.45, 7) is 6.75. The smallest absolute Gasteiger partial charge is 0.243 e. The normalized spacial score (nSPS) is 15.7. The van der Waals surface area contributed by atoms with Crippen LogP contribution in [0.25, 0.3) is 9.88 Å². The summed E-state index contributed by atoms with van der Waals surface area (Å²) >= 11 is 3.22. The van der Waals surface area contributed by atoms with Gasteiger partial charge in [-0.05, 0) is 56.2 Å². The Bertz CT molecular complexity index is 1190. The number of aromatic nitrogens is 1. The van der Waals surface area contributed by atoms with E-state index in [0.29, 0.717) is 37.4 Å². The molecule has 9 heteroatoms. The number of rotatable bonds is 6. The highest BCUT2D eigenvalue weighted by Gasteiger charge is 2.33. The average molecular weight is 490 g/mol. The topological polar surface area (TPSA) is 79.4 Å². The number of piperidine rings is 1. The standard InChI is InChI=1S/C23H27N3O3S3/c1-15-11-16(2)21(17(3)12-15)32(28,29)26-8-6-18(7-9-26)22(27)24-13-19-14-31-23(25-19)20-5-4-10-30-20/h4-5,10-12,14,18H,6-9,13H2,1-3H3,(H,24,27). The van der Waals surface area contributed by atoms with Crippen LogP contribution >= 0.6 is 22.7 Å². The fourth-order valence-electron chi connectivity index (χ4n) is 4.28. The van der Waals surface area contributed by atoms with Crippen LogP contribution in [-0.4, -0.2) is 36.7 Å². The number of nitrogens with zero attached hydrogens (tertiary/aromatic N) is 2. The number of carbonyl (C=O) groups excluding carboxylic acids is 1. The molecule has 0 atom stereocenters. The molecule has 1 aliphatic heterocycles. The van der Waals surface area contributed by atoms with Gasteiger partial charge in [-0.25, -0.2) is 13.4 Å². The van der Waals surface area contributed by atoms with Crippen molar-refractivity contribution in [3.05, 3.63) is 57.4 Å². The first-order valence-electron chi connectivity index (χ1n) is 10.6. The molecule has 6 nitrogen and oxygen atoms in total. The number of hydrogen-bond acceptors (Lipinski definition) is 6. The fourth-order valence-corrected chi connectivity index (χ4v) is 7.80.